The summed E-state index contributed by atoms with van der Waals surface area (Å²) >= 11 is 0. The molecular weight excluding hydrogens is 428 g/mol. The van der Waals surface area contributed by atoms with E-state index in [9.17, 15) is 15.0 Å². The number of phenols is 2. The maximum atomic E-state index is 12.8. The molecule has 0 saturated heterocycles. The number of carbonyl (C=O) groups is 1. The molecule has 2 rings (SSSR count). The Morgan fingerprint density at radius 2 is 1.03 bits per heavy atom. The third kappa shape index (κ3) is 5.39. The van der Waals surface area contributed by atoms with Gasteiger partial charge in [-0.3, -0.25) is 4.79 Å². The number of hydrogen-bond donors (Lipinski definition) is 2. The minimum absolute atomic E-state index is 0.00230. The van der Waals surface area contributed by atoms with E-state index in [2.05, 4.69) is 0 Å². The third-order valence-electron chi connectivity index (χ3n) is 4.52. The summed E-state index contributed by atoms with van der Waals surface area (Å²) in [6.45, 7) is 3.37. The van der Waals surface area contributed by atoms with Gasteiger partial charge in [0.15, 0.2) is 5.78 Å². The second-order valence-electron chi connectivity index (χ2n) is 6.43. The highest BCUT2D eigenvalue weighted by Crippen LogP contribution is 2.32. The van der Waals surface area contributed by atoms with Gasteiger partial charge in [0.1, 0.15) is 23.0 Å². The summed E-state index contributed by atoms with van der Waals surface area (Å²) in [5, 5.41) is 20.7. The zero-order valence-corrected chi connectivity index (χ0v) is 19.7. The van der Waals surface area contributed by atoms with E-state index in [4.69, 9.17) is 26.6 Å². The number of phenolic OH excluding ortho intramolecular Hbond substituents is 2. The number of aromatic hydroxyl groups is 2. The molecule has 2 N–H and O–H groups in total. The van der Waals surface area contributed by atoms with Crippen molar-refractivity contribution in [3.8, 4) is 23.0 Å². The van der Waals surface area contributed by atoms with Crippen LogP contribution in [0.2, 0.25) is 13.1 Å². The van der Waals surface area contributed by atoms with Crippen molar-refractivity contribution in [2.24, 2.45) is 0 Å². The molecule has 2 aromatic carbocycles. The van der Waals surface area contributed by atoms with E-state index >= 15 is 0 Å². The predicted octanol–water partition coefficient (Wildman–Crippen LogP) is 2.81. The first kappa shape index (κ1) is 23.9. The predicted molar refractivity (Wildman–Crippen MR) is 112 cm³/mol. The Morgan fingerprint density at radius 3 is 1.30 bits per heavy atom. The first-order chi connectivity index (χ1) is 14.1. The first-order valence-corrected chi connectivity index (χ1v) is 13.3. The lowest BCUT2D eigenvalue weighted by atomic mass is 10.0. The van der Waals surface area contributed by atoms with Crippen molar-refractivity contribution < 1.29 is 41.6 Å². The molecule has 2 aromatic rings. The summed E-state index contributed by atoms with van der Waals surface area (Å²) in [7, 11) is 0.109. The Kier molecular flexibility index (Phi) is 7.63. The van der Waals surface area contributed by atoms with Crippen molar-refractivity contribution in [3.63, 3.8) is 0 Å². The average molecular weight is 455 g/mol. The van der Waals surface area contributed by atoms with Crippen LogP contribution in [0.3, 0.4) is 0 Å². The van der Waals surface area contributed by atoms with Crippen molar-refractivity contribution in [1.29, 1.82) is 0 Å². The van der Waals surface area contributed by atoms with Gasteiger partial charge in [-0.05, 0) is 24.3 Å². The van der Waals surface area contributed by atoms with Gasteiger partial charge < -0.3 is 36.8 Å². The maximum Gasteiger partial charge on any atom is 0.562 e. The molecule has 0 bridgehead atoms. The second kappa shape index (κ2) is 9.60. The lowest BCUT2D eigenvalue weighted by Crippen LogP contribution is -2.43. The molecule has 0 unspecified atom stereocenters. The van der Waals surface area contributed by atoms with Gasteiger partial charge in [0.05, 0.1) is 11.1 Å². The summed E-state index contributed by atoms with van der Waals surface area (Å²) in [6, 6.07) is 8.41. The molecule has 0 fully saturated rings. The molecule has 11 heteroatoms. The molecule has 0 saturated carbocycles. The Labute approximate surface area is 177 Å². The monoisotopic (exact) mass is 454 g/mol. The van der Waals surface area contributed by atoms with Crippen LogP contribution < -0.4 is 8.85 Å². The van der Waals surface area contributed by atoms with E-state index in [0.717, 1.165) is 0 Å². The largest absolute Gasteiger partial charge is 0.562 e. The molecule has 164 valence electrons. The fourth-order valence-corrected chi connectivity index (χ4v) is 4.22. The number of carbonyl (C=O) groups excluding carboxylic acids is 1. The van der Waals surface area contributed by atoms with Gasteiger partial charge in [0.2, 0.25) is 0 Å². The SMILES string of the molecule is CO[Si](C)(OC)Oc1ccc(C(=O)c2ccc(O[Si](C)(OC)OC)cc2O)c(O)c1. The van der Waals surface area contributed by atoms with Gasteiger partial charge in [0, 0.05) is 53.7 Å². The number of ketones is 1. The molecular formula is C19H26O9Si2. The summed E-state index contributed by atoms with van der Waals surface area (Å²) in [5.74, 6) is -0.601. The highest BCUT2D eigenvalue weighted by Gasteiger charge is 2.35. The summed E-state index contributed by atoms with van der Waals surface area (Å²) < 4.78 is 32.3. The lowest BCUT2D eigenvalue weighted by molar-refractivity contribution is 0.103. The van der Waals surface area contributed by atoms with Gasteiger partial charge in [-0.2, -0.15) is 0 Å². The van der Waals surface area contributed by atoms with Crippen molar-refractivity contribution >= 4 is 23.4 Å². The van der Waals surface area contributed by atoms with Crippen molar-refractivity contribution in [1.82, 2.24) is 0 Å². The highest BCUT2D eigenvalue weighted by atomic mass is 28.4. The van der Waals surface area contributed by atoms with Gasteiger partial charge in [-0.15, -0.1) is 0 Å². The molecule has 0 atom stereocenters. The van der Waals surface area contributed by atoms with E-state index < -0.39 is 23.4 Å². The molecule has 0 aliphatic heterocycles. The quantitative estimate of drug-likeness (QED) is 0.413. The minimum Gasteiger partial charge on any atom is -0.507 e. The topological polar surface area (TPSA) is 113 Å². The summed E-state index contributed by atoms with van der Waals surface area (Å²) in [4.78, 5) is 12.8. The van der Waals surface area contributed by atoms with Crippen molar-refractivity contribution in [2.45, 2.75) is 13.1 Å². The smallest absolute Gasteiger partial charge is 0.507 e. The van der Waals surface area contributed by atoms with E-state index in [-0.39, 0.29) is 22.6 Å². The van der Waals surface area contributed by atoms with Crippen LogP contribution in [0.15, 0.2) is 36.4 Å². The van der Waals surface area contributed by atoms with Gasteiger partial charge in [-0.25, -0.2) is 0 Å². The first-order valence-electron chi connectivity index (χ1n) is 8.89. The molecule has 30 heavy (non-hydrogen) atoms. The molecule has 0 aromatic heterocycles. The number of rotatable bonds is 10. The van der Waals surface area contributed by atoms with E-state index in [1.165, 1.54) is 64.8 Å². The van der Waals surface area contributed by atoms with Crippen LogP contribution in [-0.2, 0) is 17.7 Å². The van der Waals surface area contributed by atoms with E-state index in [0.29, 0.717) is 11.5 Å². The highest BCUT2D eigenvalue weighted by molar-refractivity contribution is 6.60. The van der Waals surface area contributed by atoms with E-state index in [1.807, 2.05) is 0 Å². The Morgan fingerprint density at radius 1 is 0.700 bits per heavy atom. The van der Waals surface area contributed by atoms with Gasteiger partial charge >= 0.3 is 17.6 Å². The fraction of sp³-hybridized carbons (Fsp3) is 0.316. The van der Waals surface area contributed by atoms with Crippen LogP contribution in [0.5, 0.6) is 23.0 Å². The van der Waals surface area contributed by atoms with E-state index in [1.54, 1.807) is 13.1 Å². The average Bonchev–Trinajstić information content (AvgIpc) is 2.73. The molecule has 0 amide bonds. The number of benzene rings is 2. The standard InChI is InChI=1S/C19H26O9Si2/c1-23-29(5,24-2)27-13-7-9-15(17(20)11-13)19(22)16-10-8-14(12-18(16)21)28-30(6,25-3)26-4/h7-12,20-21H,1-6H3. The van der Waals surface area contributed by atoms with Crippen LogP contribution in [-0.4, -0.2) is 62.0 Å². The van der Waals surface area contributed by atoms with Gasteiger partial charge in [-0.1, -0.05) is 0 Å². The maximum absolute atomic E-state index is 12.8. The molecule has 0 aliphatic carbocycles. The van der Waals surface area contributed by atoms with Crippen LogP contribution in [0.1, 0.15) is 15.9 Å². The van der Waals surface area contributed by atoms with Crippen molar-refractivity contribution in [3.05, 3.63) is 47.5 Å². The summed E-state index contributed by atoms with van der Waals surface area (Å²) in [6.07, 6.45) is 0. The molecule has 9 nitrogen and oxygen atoms in total. The van der Waals surface area contributed by atoms with Crippen LogP contribution in [0, 0.1) is 0 Å². The zero-order valence-electron chi connectivity index (χ0n) is 17.7. The molecule has 0 spiro atoms. The normalized spacial score (nSPS) is 11.9. The second-order valence-corrected chi connectivity index (χ2v) is 11.9. The molecule has 0 heterocycles. The minimum atomic E-state index is -2.88. The lowest BCUT2D eigenvalue weighted by Gasteiger charge is -2.23. The Hall–Kier alpha value is -2.42. The Balaban J connectivity index is 2.26. The molecule has 0 aliphatic rings. The van der Waals surface area contributed by atoms with Crippen molar-refractivity contribution in [2.75, 3.05) is 28.4 Å². The molecule has 0 radical (unpaired) electrons. The van der Waals surface area contributed by atoms with Crippen LogP contribution in [0.4, 0.5) is 0 Å². The van der Waals surface area contributed by atoms with Gasteiger partial charge in [0.25, 0.3) is 0 Å². The van der Waals surface area contributed by atoms with Crippen LogP contribution in [0.25, 0.3) is 0 Å². The zero-order chi connectivity index (χ0) is 22.5. The van der Waals surface area contributed by atoms with Crippen LogP contribution >= 0.6 is 0 Å². The third-order valence-corrected chi connectivity index (χ3v) is 8.70. The fourth-order valence-electron chi connectivity index (χ4n) is 2.44. The summed E-state index contributed by atoms with van der Waals surface area (Å²) in [5.41, 5.74) is -0.00460. The number of hydrogen-bond acceptors (Lipinski definition) is 9. The Bertz CT molecular complexity index is 824.